The first-order chi connectivity index (χ1) is 7.75. The first kappa shape index (κ1) is 13.0. The molecule has 0 fully saturated rings. The van der Waals surface area contributed by atoms with Crippen LogP contribution in [0, 0.1) is 13.8 Å². The van der Waals surface area contributed by atoms with Gasteiger partial charge in [-0.25, -0.2) is 0 Å². The molecule has 1 rings (SSSR count). The smallest absolute Gasteiger partial charge is 0.0274 e. The Bertz CT molecular complexity index is 303. The summed E-state index contributed by atoms with van der Waals surface area (Å²) >= 11 is 0. The molecule has 0 aromatic heterocycles. The van der Waals surface area contributed by atoms with Crippen LogP contribution in [0.25, 0.3) is 0 Å². The fraction of sp³-hybridized carbons (Fsp3) is 0.500. The largest absolute Gasteiger partial charge is 0.103 e. The summed E-state index contributed by atoms with van der Waals surface area (Å²) < 4.78 is 0. The SMILES string of the molecule is C=CCCCCCCc1c(C)cccc1C. The van der Waals surface area contributed by atoms with Gasteiger partial charge in [-0.15, -0.1) is 6.58 Å². The zero-order valence-corrected chi connectivity index (χ0v) is 10.8. The Hall–Kier alpha value is -1.04. The van der Waals surface area contributed by atoms with E-state index in [9.17, 15) is 0 Å². The van der Waals surface area contributed by atoms with Crippen LogP contribution in [0.2, 0.25) is 0 Å². The van der Waals surface area contributed by atoms with Crippen LogP contribution in [0.1, 0.15) is 48.8 Å². The van der Waals surface area contributed by atoms with Gasteiger partial charge in [0.15, 0.2) is 0 Å². The Kier molecular flexibility index (Phi) is 5.92. The van der Waals surface area contributed by atoms with Crippen LogP contribution in [0.4, 0.5) is 0 Å². The van der Waals surface area contributed by atoms with Crippen molar-refractivity contribution in [3.05, 3.63) is 47.5 Å². The van der Waals surface area contributed by atoms with Crippen molar-refractivity contribution in [3.8, 4) is 0 Å². The van der Waals surface area contributed by atoms with E-state index in [-0.39, 0.29) is 0 Å². The molecule has 0 bridgehead atoms. The number of hydrogen-bond donors (Lipinski definition) is 0. The zero-order valence-electron chi connectivity index (χ0n) is 10.8. The van der Waals surface area contributed by atoms with E-state index in [2.05, 4.69) is 38.6 Å². The van der Waals surface area contributed by atoms with E-state index in [0.29, 0.717) is 0 Å². The molecule has 1 aromatic rings. The second kappa shape index (κ2) is 7.27. The van der Waals surface area contributed by atoms with Crippen molar-refractivity contribution < 1.29 is 0 Å². The van der Waals surface area contributed by atoms with Crippen LogP contribution in [0.5, 0.6) is 0 Å². The zero-order chi connectivity index (χ0) is 11.8. The van der Waals surface area contributed by atoms with Crippen molar-refractivity contribution in [2.24, 2.45) is 0 Å². The number of hydrogen-bond acceptors (Lipinski definition) is 0. The molecule has 88 valence electrons. The lowest BCUT2D eigenvalue weighted by atomic mass is 9.97. The van der Waals surface area contributed by atoms with Crippen molar-refractivity contribution in [2.45, 2.75) is 52.4 Å². The normalized spacial score (nSPS) is 10.4. The summed E-state index contributed by atoms with van der Waals surface area (Å²) in [6.45, 7) is 8.19. The predicted octanol–water partition coefficient (Wildman–Crippen LogP) is 4.98. The van der Waals surface area contributed by atoms with Crippen LogP contribution in [0.3, 0.4) is 0 Å². The number of unbranched alkanes of at least 4 members (excludes halogenated alkanes) is 4. The number of benzene rings is 1. The van der Waals surface area contributed by atoms with Gasteiger partial charge in [0.05, 0.1) is 0 Å². The van der Waals surface area contributed by atoms with Gasteiger partial charge in [0.2, 0.25) is 0 Å². The lowest BCUT2D eigenvalue weighted by Gasteiger charge is -2.09. The van der Waals surface area contributed by atoms with Gasteiger partial charge in [-0.2, -0.15) is 0 Å². The van der Waals surface area contributed by atoms with E-state index < -0.39 is 0 Å². The maximum absolute atomic E-state index is 3.75. The van der Waals surface area contributed by atoms with Crippen molar-refractivity contribution in [1.82, 2.24) is 0 Å². The summed E-state index contributed by atoms with van der Waals surface area (Å²) in [5.41, 5.74) is 4.46. The van der Waals surface area contributed by atoms with E-state index in [0.717, 1.165) is 0 Å². The standard InChI is InChI=1S/C16H24/c1-4-5-6-7-8-9-13-16-14(2)11-10-12-15(16)3/h4,10-12H,1,5-9,13H2,2-3H3. The summed E-state index contributed by atoms with van der Waals surface area (Å²) in [4.78, 5) is 0. The third-order valence-corrected chi connectivity index (χ3v) is 3.23. The van der Waals surface area contributed by atoms with Gasteiger partial charge in [0.1, 0.15) is 0 Å². The highest BCUT2D eigenvalue weighted by molar-refractivity contribution is 5.33. The average Bonchev–Trinajstić information content (AvgIpc) is 2.26. The molecule has 1 aromatic carbocycles. The second-order valence-electron chi connectivity index (χ2n) is 4.61. The van der Waals surface area contributed by atoms with Crippen LogP contribution >= 0.6 is 0 Å². The average molecular weight is 216 g/mol. The monoisotopic (exact) mass is 216 g/mol. The van der Waals surface area contributed by atoms with Crippen LogP contribution < -0.4 is 0 Å². The lowest BCUT2D eigenvalue weighted by molar-refractivity contribution is 0.644. The molecule has 0 saturated carbocycles. The minimum atomic E-state index is 1.17. The highest BCUT2D eigenvalue weighted by Gasteiger charge is 2.01. The summed E-state index contributed by atoms with van der Waals surface area (Å²) in [6, 6.07) is 6.60. The Morgan fingerprint density at radius 3 is 2.25 bits per heavy atom. The summed E-state index contributed by atoms with van der Waals surface area (Å²) in [7, 11) is 0. The van der Waals surface area contributed by atoms with Crippen LogP contribution in [-0.2, 0) is 6.42 Å². The molecule has 0 amide bonds. The van der Waals surface area contributed by atoms with Crippen molar-refractivity contribution in [2.75, 3.05) is 0 Å². The highest BCUT2D eigenvalue weighted by atomic mass is 14.1. The van der Waals surface area contributed by atoms with Gasteiger partial charge in [-0.05, 0) is 56.2 Å². The molecule has 0 aliphatic rings. The van der Waals surface area contributed by atoms with Gasteiger partial charge in [-0.1, -0.05) is 37.1 Å². The molecule has 0 aliphatic carbocycles. The summed E-state index contributed by atoms with van der Waals surface area (Å²) in [5, 5.41) is 0. The molecular weight excluding hydrogens is 192 g/mol. The molecule has 0 heteroatoms. The van der Waals surface area contributed by atoms with E-state index in [1.165, 1.54) is 49.7 Å². The third-order valence-electron chi connectivity index (χ3n) is 3.23. The fourth-order valence-electron chi connectivity index (χ4n) is 2.19. The minimum absolute atomic E-state index is 1.17. The third kappa shape index (κ3) is 4.22. The lowest BCUT2D eigenvalue weighted by Crippen LogP contribution is -1.93. The number of allylic oxidation sites excluding steroid dienone is 1. The molecule has 0 nitrogen and oxygen atoms in total. The van der Waals surface area contributed by atoms with Gasteiger partial charge < -0.3 is 0 Å². The molecule has 0 aliphatic heterocycles. The second-order valence-corrected chi connectivity index (χ2v) is 4.61. The molecule has 0 unspecified atom stereocenters. The Morgan fingerprint density at radius 2 is 1.62 bits per heavy atom. The Labute approximate surface area is 100 Å². The van der Waals surface area contributed by atoms with E-state index in [1.54, 1.807) is 5.56 Å². The first-order valence-corrected chi connectivity index (χ1v) is 6.41. The highest BCUT2D eigenvalue weighted by Crippen LogP contribution is 2.17. The summed E-state index contributed by atoms with van der Waals surface area (Å²) in [6.07, 6.45) is 9.75. The maximum Gasteiger partial charge on any atom is -0.0274 e. The topological polar surface area (TPSA) is 0 Å². The van der Waals surface area contributed by atoms with Crippen molar-refractivity contribution >= 4 is 0 Å². The maximum atomic E-state index is 3.75. The molecule has 0 atom stereocenters. The molecule has 0 radical (unpaired) electrons. The molecular formula is C16H24. The molecule has 16 heavy (non-hydrogen) atoms. The molecule has 0 saturated heterocycles. The van der Waals surface area contributed by atoms with Gasteiger partial charge in [-0.3, -0.25) is 0 Å². The molecule has 0 N–H and O–H groups in total. The van der Waals surface area contributed by atoms with E-state index >= 15 is 0 Å². The van der Waals surface area contributed by atoms with Crippen molar-refractivity contribution in [3.63, 3.8) is 0 Å². The van der Waals surface area contributed by atoms with Crippen molar-refractivity contribution in [1.29, 1.82) is 0 Å². The van der Waals surface area contributed by atoms with Crippen LogP contribution in [-0.4, -0.2) is 0 Å². The van der Waals surface area contributed by atoms with E-state index in [4.69, 9.17) is 0 Å². The van der Waals surface area contributed by atoms with Crippen LogP contribution in [0.15, 0.2) is 30.9 Å². The van der Waals surface area contributed by atoms with E-state index in [1.807, 2.05) is 6.08 Å². The predicted molar refractivity (Wildman–Crippen MR) is 72.9 cm³/mol. The minimum Gasteiger partial charge on any atom is -0.103 e. The number of rotatable bonds is 7. The molecule has 0 heterocycles. The Balaban J connectivity index is 2.29. The van der Waals surface area contributed by atoms with Gasteiger partial charge in [0.25, 0.3) is 0 Å². The summed E-state index contributed by atoms with van der Waals surface area (Å²) in [5.74, 6) is 0. The first-order valence-electron chi connectivity index (χ1n) is 6.41. The molecule has 0 spiro atoms. The Morgan fingerprint density at radius 1 is 1.00 bits per heavy atom. The number of aryl methyl sites for hydroxylation is 2. The van der Waals surface area contributed by atoms with Gasteiger partial charge >= 0.3 is 0 Å². The fourth-order valence-corrected chi connectivity index (χ4v) is 2.19. The van der Waals surface area contributed by atoms with Gasteiger partial charge in [0, 0.05) is 0 Å². The quantitative estimate of drug-likeness (QED) is 0.445.